The molecule has 0 unspecified atom stereocenters. The average Bonchev–Trinajstić information content (AvgIpc) is 2.22. The topological polar surface area (TPSA) is 39.1 Å². The Hall–Kier alpha value is -1.17. The number of likely N-dealkylation sites (N-methyl/N-ethyl adjacent to an activating group) is 1. The molecule has 2 N–H and O–H groups in total. The van der Waals surface area contributed by atoms with Gasteiger partial charge in [0.05, 0.1) is 15.7 Å². The van der Waals surface area contributed by atoms with Crippen LogP contribution < -0.4 is 10.2 Å². The quantitative estimate of drug-likeness (QED) is 0.722. The van der Waals surface area contributed by atoms with Crippen molar-refractivity contribution >= 4 is 33.1 Å². The third kappa shape index (κ3) is 1.71. The van der Waals surface area contributed by atoms with E-state index in [9.17, 15) is 8.78 Å². The molecule has 1 heterocycles. The third-order valence-corrected chi connectivity index (χ3v) is 3.57. The number of nitrogens with zero attached hydrogens (tertiary/aromatic N) is 1. The molecule has 17 heavy (non-hydrogen) atoms. The van der Waals surface area contributed by atoms with E-state index in [1.54, 1.807) is 20.9 Å². The first-order chi connectivity index (χ1) is 7.75. The summed E-state index contributed by atoms with van der Waals surface area (Å²) in [6.07, 6.45) is 0. The standard InChI is InChI=1S/C11H12BrF2N3/c1-11(2)10(15)17(3)9-6(16-11)4-5(13)7(12)8(9)14/h4,15-16H,1-3H3. The molecule has 0 radical (unpaired) electrons. The predicted molar refractivity (Wildman–Crippen MR) is 67.9 cm³/mol. The first kappa shape index (κ1) is 12.3. The van der Waals surface area contributed by atoms with Crippen LogP contribution in [-0.2, 0) is 0 Å². The largest absolute Gasteiger partial charge is 0.371 e. The lowest BCUT2D eigenvalue weighted by Gasteiger charge is -2.40. The second-order valence-corrected chi connectivity index (χ2v) is 5.33. The lowest BCUT2D eigenvalue weighted by atomic mass is 9.98. The van der Waals surface area contributed by atoms with Crippen molar-refractivity contribution in [2.75, 3.05) is 17.3 Å². The number of rotatable bonds is 0. The predicted octanol–water partition coefficient (Wildman–Crippen LogP) is 3.34. The minimum Gasteiger partial charge on any atom is -0.371 e. The molecule has 0 saturated carbocycles. The summed E-state index contributed by atoms with van der Waals surface area (Å²) in [6, 6.07) is 1.23. The van der Waals surface area contributed by atoms with Crippen LogP contribution in [0.25, 0.3) is 0 Å². The molecule has 1 aliphatic heterocycles. The van der Waals surface area contributed by atoms with Gasteiger partial charge in [-0.1, -0.05) is 0 Å². The summed E-state index contributed by atoms with van der Waals surface area (Å²) in [4.78, 5) is 1.42. The van der Waals surface area contributed by atoms with Crippen LogP contribution >= 0.6 is 15.9 Å². The SMILES string of the molecule is CN1C(=N)C(C)(C)Nc2cc(F)c(Br)c(F)c21. The second-order valence-electron chi connectivity index (χ2n) is 4.54. The van der Waals surface area contributed by atoms with Gasteiger partial charge in [-0.25, -0.2) is 8.78 Å². The van der Waals surface area contributed by atoms with Gasteiger partial charge in [0.2, 0.25) is 0 Å². The molecule has 3 nitrogen and oxygen atoms in total. The highest BCUT2D eigenvalue weighted by atomic mass is 79.9. The minimum absolute atomic E-state index is 0.183. The van der Waals surface area contributed by atoms with E-state index in [4.69, 9.17) is 5.41 Å². The maximum atomic E-state index is 14.0. The van der Waals surface area contributed by atoms with E-state index >= 15 is 0 Å². The van der Waals surface area contributed by atoms with E-state index in [0.717, 1.165) is 0 Å². The number of hydrogen-bond acceptors (Lipinski definition) is 2. The Labute approximate surface area is 106 Å². The summed E-state index contributed by atoms with van der Waals surface area (Å²) in [5.74, 6) is -1.14. The lowest BCUT2D eigenvalue weighted by Crippen LogP contribution is -2.52. The van der Waals surface area contributed by atoms with Crippen LogP contribution in [0.4, 0.5) is 20.2 Å². The Morgan fingerprint density at radius 3 is 2.59 bits per heavy atom. The molecule has 0 aliphatic carbocycles. The number of anilines is 2. The first-order valence-corrected chi connectivity index (χ1v) is 5.83. The summed E-state index contributed by atoms with van der Waals surface area (Å²) >= 11 is 2.86. The van der Waals surface area contributed by atoms with E-state index in [1.165, 1.54) is 11.0 Å². The molecular weight excluding hydrogens is 292 g/mol. The van der Waals surface area contributed by atoms with Crippen LogP contribution in [0.15, 0.2) is 10.5 Å². The molecule has 0 saturated heterocycles. The highest BCUT2D eigenvalue weighted by Crippen LogP contribution is 2.40. The fraction of sp³-hybridized carbons (Fsp3) is 0.364. The zero-order valence-corrected chi connectivity index (χ0v) is 11.2. The Kier molecular flexibility index (Phi) is 2.65. The minimum atomic E-state index is -0.699. The van der Waals surface area contributed by atoms with Crippen molar-refractivity contribution in [3.8, 4) is 0 Å². The van der Waals surface area contributed by atoms with Crippen LogP contribution in [0, 0.1) is 17.0 Å². The van der Waals surface area contributed by atoms with E-state index in [1.807, 2.05) is 0 Å². The molecule has 1 aliphatic rings. The van der Waals surface area contributed by atoms with Crippen molar-refractivity contribution in [2.24, 2.45) is 0 Å². The van der Waals surface area contributed by atoms with E-state index in [0.29, 0.717) is 5.69 Å². The zero-order chi connectivity index (χ0) is 13.0. The number of fused-ring (bicyclic) bond motifs is 1. The summed E-state index contributed by atoms with van der Waals surface area (Å²) in [7, 11) is 1.59. The van der Waals surface area contributed by atoms with Crippen LogP contribution in [-0.4, -0.2) is 18.4 Å². The van der Waals surface area contributed by atoms with Gasteiger partial charge in [0.25, 0.3) is 0 Å². The molecule has 92 valence electrons. The third-order valence-electron chi connectivity index (χ3n) is 2.85. The molecular formula is C11H12BrF2N3. The molecule has 0 spiro atoms. The van der Waals surface area contributed by atoms with E-state index in [-0.39, 0.29) is 16.0 Å². The van der Waals surface area contributed by atoms with Crippen LogP contribution in [0.3, 0.4) is 0 Å². The number of nitrogens with one attached hydrogen (secondary N) is 2. The molecule has 6 heteroatoms. The summed E-state index contributed by atoms with van der Waals surface area (Å²) in [5.41, 5.74) is -0.122. The molecule has 1 aromatic rings. The Morgan fingerprint density at radius 1 is 1.41 bits per heavy atom. The lowest BCUT2D eigenvalue weighted by molar-refractivity contribution is 0.569. The van der Waals surface area contributed by atoms with Crippen molar-refractivity contribution in [1.82, 2.24) is 0 Å². The maximum Gasteiger partial charge on any atom is 0.166 e. The van der Waals surface area contributed by atoms with Crippen molar-refractivity contribution in [3.05, 3.63) is 22.2 Å². The Bertz CT molecular complexity index is 514. The van der Waals surface area contributed by atoms with Gasteiger partial charge in [-0.15, -0.1) is 0 Å². The molecule has 0 atom stereocenters. The fourth-order valence-electron chi connectivity index (χ4n) is 1.94. The first-order valence-electron chi connectivity index (χ1n) is 5.04. The molecule has 0 bridgehead atoms. The fourth-order valence-corrected chi connectivity index (χ4v) is 2.24. The van der Waals surface area contributed by atoms with Crippen LogP contribution in [0.1, 0.15) is 13.8 Å². The summed E-state index contributed by atoms with van der Waals surface area (Å²) < 4.78 is 27.2. The van der Waals surface area contributed by atoms with Gasteiger partial charge in [-0.2, -0.15) is 0 Å². The van der Waals surface area contributed by atoms with Crippen molar-refractivity contribution in [1.29, 1.82) is 5.41 Å². The van der Waals surface area contributed by atoms with Gasteiger partial charge in [-0.3, -0.25) is 5.41 Å². The molecule has 1 aromatic carbocycles. The number of benzene rings is 1. The zero-order valence-electron chi connectivity index (χ0n) is 9.66. The van der Waals surface area contributed by atoms with Gasteiger partial charge < -0.3 is 10.2 Å². The molecule has 2 rings (SSSR count). The van der Waals surface area contributed by atoms with Crippen LogP contribution in [0.5, 0.6) is 0 Å². The van der Waals surface area contributed by atoms with Crippen molar-refractivity contribution in [3.63, 3.8) is 0 Å². The molecule has 0 amide bonds. The van der Waals surface area contributed by atoms with E-state index < -0.39 is 17.2 Å². The van der Waals surface area contributed by atoms with Gasteiger partial charge in [0, 0.05) is 13.1 Å². The number of halogens is 3. The Balaban J connectivity index is 2.70. The molecule has 0 aromatic heterocycles. The highest BCUT2D eigenvalue weighted by molar-refractivity contribution is 9.10. The Morgan fingerprint density at radius 2 is 2.00 bits per heavy atom. The van der Waals surface area contributed by atoms with Gasteiger partial charge in [-0.05, 0) is 29.8 Å². The van der Waals surface area contributed by atoms with Crippen molar-refractivity contribution < 1.29 is 8.78 Å². The monoisotopic (exact) mass is 303 g/mol. The van der Waals surface area contributed by atoms with E-state index in [2.05, 4.69) is 21.2 Å². The number of amidine groups is 1. The van der Waals surface area contributed by atoms with Gasteiger partial charge >= 0.3 is 0 Å². The number of hydrogen-bond donors (Lipinski definition) is 2. The van der Waals surface area contributed by atoms with Gasteiger partial charge in [0.15, 0.2) is 5.82 Å². The summed E-state index contributed by atoms with van der Waals surface area (Å²) in [6.45, 7) is 3.57. The van der Waals surface area contributed by atoms with Gasteiger partial charge in [0.1, 0.15) is 17.3 Å². The van der Waals surface area contributed by atoms with Crippen molar-refractivity contribution in [2.45, 2.75) is 19.4 Å². The summed E-state index contributed by atoms with van der Waals surface area (Å²) in [5, 5.41) is 10.9. The molecule has 0 fully saturated rings. The smallest absolute Gasteiger partial charge is 0.166 e. The average molecular weight is 304 g/mol. The normalized spacial score (nSPS) is 17.8. The maximum absolute atomic E-state index is 14.0. The highest BCUT2D eigenvalue weighted by Gasteiger charge is 2.36. The van der Waals surface area contributed by atoms with Crippen LogP contribution in [0.2, 0.25) is 0 Å². The second kappa shape index (κ2) is 3.66.